The summed E-state index contributed by atoms with van der Waals surface area (Å²) in [6.45, 7) is 0. The van der Waals surface area contributed by atoms with Crippen molar-refractivity contribution in [2.45, 2.75) is 0 Å². The summed E-state index contributed by atoms with van der Waals surface area (Å²) in [5.74, 6) is 0. The molecule has 1 radical (unpaired) electrons. The lowest BCUT2D eigenvalue weighted by Crippen LogP contribution is -2.41. The third kappa shape index (κ3) is 6.15. The highest BCUT2D eigenvalue weighted by Crippen LogP contribution is 2.46. The van der Waals surface area contributed by atoms with E-state index in [-0.39, 0.29) is 0 Å². The zero-order valence-corrected chi connectivity index (χ0v) is 35.7. The summed E-state index contributed by atoms with van der Waals surface area (Å²) in [6.07, 6.45) is 0. The first-order valence-electron chi connectivity index (χ1n) is 21.4. The first-order valence-corrected chi connectivity index (χ1v) is 23.0. The molecule has 5 heteroatoms. The fraction of sp³-hybridized carbons (Fsp3) is 0. The Kier molecular flexibility index (Phi) is 8.40. The van der Waals surface area contributed by atoms with Gasteiger partial charge in [0.1, 0.15) is 0 Å². The molecule has 0 spiro atoms. The number of hydrogen-bond acceptors (Lipinski definition) is 4. The van der Waals surface area contributed by atoms with Crippen LogP contribution in [0.1, 0.15) is 0 Å². The standard InChI is InChI=1S/C58H36BN2S2/c1-3-13-36(14-4-1)38-23-25-42(26-24-38)60-51-31-40-18-8-7-17-39(40)29-47(51)49-30-41(37-15-5-2-6-16-37)32-53-58(49)59-50-34-48-45-20-10-12-22-55(45)63-57(48)35-52(50)61(53)43-27-28-46-44-19-9-11-21-54(44)62-56(46)33-43/h1-35,60H. The quantitative estimate of drug-likeness (QED) is 0.168. The van der Waals surface area contributed by atoms with Crippen molar-refractivity contribution in [2.24, 2.45) is 0 Å². The monoisotopic (exact) mass is 835 g/mol. The zero-order valence-electron chi connectivity index (χ0n) is 34.0. The highest BCUT2D eigenvalue weighted by molar-refractivity contribution is 7.26. The minimum Gasteiger partial charge on any atom is -0.355 e. The number of nitrogens with one attached hydrogen (secondary N) is 1. The van der Waals surface area contributed by atoms with Gasteiger partial charge in [0.2, 0.25) is 0 Å². The van der Waals surface area contributed by atoms with Crippen molar-refractivity contribution in [3.05, 3.63) is 212 Å². The molecule has 0 bridgehead atoms. The molecular formula is C58H36BN2S2. The zero-order chi connectivity index (χ0) is 41.4. The minimum atomic E-state index is 1.04. The van der Waals surface area contributed by atoms with E-state index in [4.69, 9.17) is 0 Å². The van der Waals surface area contributed by atoms with E-state index in [2.05, 4.69) is 230 Å². The van der Waals surface area contributed by atoms with Crippen molar-refractivity contribution < 1.29 is 0 Å². The van der Waals surface area contributed by atoms with E-state index in [1.54, 1.807) is 0 Å². The molecule has 1 N–H and O–H groups in total. The third-order valence-electron chi connectivity index (χ3n) is 12.6. The van der Waals surface area contributed by atoms with Gasteiger partial charge in [-0.05, 0) is 116 Å². The molecule has 2 nitrogen and oxygen atoms in total. The van der Waals surface area contributed by atoms with Crippen LogP contribution < -0.4 is 21.1 Å². The number of thiophene rings is 2. The lowest BCUT2D eigenvalue weighted by atomic mass is 9.57. The predicted octanol–water partition coefficient (Wildman–Crippen LogP) is 15.8. The van der Waals surface area contributed by atoms with Gasteiger partial charge in [-0.15, -0.1) is 22.7 Å². The van der Waals surface area contributed by atoms with Crippen LogP contribution in [0.25, 0.3) is 84.5 Å². The maximum atomic E-state index is 3.92. The van der Waals surface area contributed by atoms with Gasteiger partial charge in [-0.1, -0.05) is 151 Å². The number of rotatable bonds is 6. The second-order valence-electron chi connectivity index (χ2n) is 16.4. The topological polar surface area (TPSA) is 15.3 Å². The Morgan fingerprint density at radius 1 is 0.381 bits per heavy atom. The molecule has 3 heterocycles. The normalized spacial score (nSPS) is 12.2. The molecule has 0 saturated carbocycles. The Morgan fingerprint density at radius 3 is 1.70 bits per heavy atom. The molecule has 0 amide bonds. The van der Waals surface area contributed by atoms with Crippen LogP contribution >= 0.6 is 22.7 Å². The molecule has 0 unspecified atom stereocenters. The molecule has 2 aromatic heterocycles. The van der Waals surface area contributed by atoms with Crippen LogP contribution in [0.4, 0.5) is 28.4 Å². The molecule has 10 aromatic carbocycles. The molecule has 13 rings (SSSR count). The lowest BCUT2D eigenvalue weighted by molar-refractivity contribution is 1.31. The molecule has 293 valence electrons. The Morgan fingerprint density at radius 2 is 0.968 bits per heavy atom. The van der Waals surface area contributed by atoms with Crippen molar-refractivity contribution in [3.8, 4) is 33.4 Å². The summed E-state index contributed by atoms with van der Waals surface area (Å²) in [7, 11) is 2.45. The molecule has 0 fully saturated rings. The highest BCUT2D eigenvalue weighted by Gasteiger charge is 2.30. The van der Waals surface area contributed by atoms with E-state index >= 15 is 0 Å². The van der Waals surface area contributed by atoms with Crippen LogP contribution in [0.2, 0.25) is 0 Å². The van der Waals surface area contributed by atoms with Gasteiger partial charge in [0.15, 0.2) is 7.28 Å². The number of nitrogens with zero attached hydrogens (tertiary/aromatic N) is 1. The fourth-order valence-electron chi connectivity index (χ4n) is 9.60. The van der Waals surface area contributed by atoms with Crippen molar-refractivity contribution in [3.63, 3.8) is 0 Å². The summed E-state index contributed by atoms with van der Waals surface area (Å²) in [5, 5.41) is 11.5. The highest BCUT2D eigenvalue weighted by atomic mass is 32.1. The molecule has 0 saturated heterocycles. The molecule has 0 atom stereocenters. The SMILES string of the molecule is [B]1c2cc3c(cc2N(c2ccc4c(c2)sc2ccccc24)c2cc(-c4ccccc4)cc(-c4cc5ccccc5cc4Nc4ccc(-c5ccccc5)cc4)c21)sc1ccccc13. The van der Waals surface area contributed by atoms with Gasteiger partial charge in [-0.3, -0.25) is 0 Å². The smallest absolute Gasteiger partial charge is 0.197 e. The number of hydrogen-bond donors (Lipinski definition) is 1. The van der Waals surface area contributed by atoms with Gasteiger partial charge < -0.3 is 10.2 Å². The number of anilines is 5. The summed E-state index contributed by atoms with van der Waals surface area (Å²) in [6, 6.07) is 78.0. The van der Waals surface area contributed by atoms with Crippen LogP contribution in [0.15, 0.2) is 212 Å². The first-order chi connectivity index (χ1) is 31.2. The van der Waals surface area contributed by atoms with Gasteiger partial charge in [0, 0.05) is 69.0 Å². The van der Waals surface area contributed by atoms with Crippen LogP contribution in [-0.4, -0.2) is 7.28 Å². The van der Waals surface area contributed by atoms with Crippen LogP contribution in [0.5, 0.6) is 0 Å². The third-order valence-corrected chi connectivity index (χ3v) is 14.9. The summed E-state index contributed by atoms with van der Waals surface area (Å²) in [5.41, 5.74) is 15.1. The summed E-state index contributed by atoms with van der Waals surface area (Å²) < 4.78 is 5.19. The van der Waals surface area contributed by atoms with E-state index in [0.29, 0.717) is 0 Å². The second-order valence-corrected chi connectivity index (χ2v) is 18.6. The van der Waals surface area contributed by atoms with Crippen molar-refractivity contribution >= 4 is 120 Å². The molecule has 1 aliphatic heterocycles. The van der Waals surface area contributed by atoms with E-state index in [0.717, 1.165) is 28.3 Å². The van der Waals surface area contributed by atoms with Gasteiger partial charge >= 0.3 is 0 Å². The van der Waals surface area contributed by atoms with Crippen molar-refractivity contribution in [1.29, 1.82) is 0 Å². The maximum absolute atomic E-state index is 3.92. The average Bonchev–Trinajstić information content (AvgIpc) is 3.90. The molecule has 12 aromatic rings. The van der Waals surface area contributed by atoms with Crippen LogP contribution in [-0.2, 0) is 0 Å². The molecular weight excluding hydrogens is 800 g/mol. The van der Waals surface area contributed by atoms with Crippen LogP contribution in [0.3, 0.4) is 0 Å². The molecule has 0 aliphatic carbocycles. The van der Waals surface area contributed by atoms with Gasteiger partial charge in [0.05, 0.1) is 0 Å². The van der Waals surface area contributed by atoms with Crippen LogP contribution in [0, 0.1) is 0 Å². The maximum Gasteiger partial charge on any atom is 0.197 e. The first kappa shape index (κ1) is 36.2. The van der Waals surface area contributed by atoms with E-state index < -0.39 is 0 Å². The van der Waals surface area contributed by atoms with E-state index in [9.17, 15) is 0 Å². The van der Waals surface area contributed by atoms with E-state index in [1.807, 2.05) is 22.7 Å². The fourth-order valence-corrected chi connectivity index (χ4v) is 11.9. The Labute approximate surface area is 374 Å². The lowest BCUT2D eigenvalue weighted by Gasteiger charge is -2.35. The largest absolute Gasteiger partial charge is 0.355 e. The molecule has 63 heavy (non-hydrogen) atoms. The second kappa shape index (κ2) is 14.6. The van der Waals surface area contributed by atoms with Gasteiger partial charge in [-0.25, -0.2) is 0 Å². The van der Waals surface area contributed by atoms with Crippen molar-refractivity contribution in [1.82, 2.24) is 0 Å². The Balaban J connectivity index is 1.07. The predicted molar refractivity (Wildman–Crippen MR) is 275 cm³/mol. The van der Waals surface area contributed by atoms with E-state index in [1.165, 1.54) is 95.5 Å². The Hall–Kier alpha value is -7.44. The average molecular weight is 836 g/mol. The summed E-state index contributed by atoms with van der Waals surface area (Å²) in [4.78, 5) is 2.53. The Bertz CT molecular complexity index is 3740. The minimum absolute atomic E-state index is 1.04. The van der Waals surface area contributed by atoms with Gasteiger partial charge in [0.25, 0.3) is 0 Å². The molecule has 1 aliphatic rings. The number of benzene rings is 10. The number of fused-ring (bicyclic) bond motifs is 9. The van der Waals surface area contributed by atoms with Gasteiger partial charge in [-0.2, -0.15) is 0 Å². The van der Waals surface area contributed by atoms with Crippen molar-refractivity contribution in [2.75, 3.05) is 10.2 Å². The summed E-state index contributed by atoms with van der Waals surface area (Å²) >= 11 is 3.75.